The highest BCUT2D eigenvalue weighted by atomic mass is 32.1. The summed E-state index contributed by atoms with van der Waals surface area (Å²) >= 11 is 3.45. The third kappa shape index (κ3) is 2.91. The lowest BCUT2D eigenvalue weighted by Gasteiger charge is -2.02. The van der Waals surface area contributed by atoms with Gasteiger partial charge >= 0.3 is 0 Å². The highest BCUT2D eigenvalue weighted by molar-refractivity contribution is 7.13. The number of thiazole rings is 1. The molecule has 98 valence electrons. The van der Waals surface area contributed by atoms with Gasteiger partial charge in [-0.15, -0.1) is 22.7 Å². The van der Waals surface area contributed by atoms with Crippen molar-refractivity contribution in [1.82, 2.24) is 20.5 Å². The largest absolute Gasteiger partial charge is 0.306 e. The molecule has 4 nitrogen and oxygen atoms in total. The van der Waals surface area contributed by atoms with Gasteiger partial charge in [0, 0.05) is 29.7 Å². The maximum absolute atomic E-state index is 4.34. The van der Waals surface area contributed by atoms with Crippen LogP contribution in [0.1, 0.15) is 15.4 Å². The fraction of sp³-hybridized carbons (Fsp3) is 0.231. The van der Waals surface area contributed by atoms with Gasteiger partial charge in [0.25, 0.3) is 0 Å². The van der Waals surface area contributed by atoms with Crippen molar-refractivity contribution in [3.8, 4) is 10.6 Å². The standard InChI is InChI=1S/C13H14N4S2/c1-9-5-15-12(19-9)8-14-6-10-7-16-17-13(10)11-3-2-4-18-11/h2-5,7,14H,6,8H2,1H3,(H,16,17). The van der Waals surface area contributed by atoms with Crippen LogP contribution in [0.25, 0.3) is 10.6 Å². The van der Waals surface area contributed by atoms with Crippen molar-refractivity contribution in [2.75, 3.05) is 0 Å². The minimum Gasteiger partial charge on any atom is -0.306 e. The molecule has 3 aromatic rings. The topological polar surface area (TPSA) is 53.6 Å². The number of aryl methyl sites for hydroxylation is 1. The Labute approximate surface area is 119 Å². The number of hydrogen-bond acceptors (Lipinski definition) is 5. The molecular formula is C13H14N4S2. The minimum absolute atomic E-state index is 0.794. The molecule has 3 heterocycles. The highest BCUT2D eigenvalue weighted by Crippen LogP contribution is 2.25. The maximum Gasteiger partial charge on any atom is 0.107 e. The van der Waals surface area contributed by atoms with E-state index < -0.39 is 0 Å². The molecule has 0 saturated carbocycles. The summed E-state index contributed by atoms with van der Waals surface area (Å²) in [6.45, 7) is 3.67. The van der Waals surface area contributed by atoms with Crippen molar-refractivity contribution < 1.29 is 0 Å². The summed E-state index contributed by atoms with van der Waals surface area (Å²) in [5.41, 5.74) is 2.30. The van der Waals surface area contributed by atoms with Crippen LogP contribution in [0.4, 0.5) is 0 Å². The Hall–Kier alpha value is -1.50. The van der Waals surface area contributed by atoms with Crippen LogP contribution < -0.4 is 5.32 Å². The van der Waals surface area contributed by atoms with Crippen LogP contribution in [0.3, 0.4) is 0 Å². The smallest absolute Gasteiger partial charge is 0.107 e. The Morgan fingerprint density at radius 3 is 3.00 bits per heavy atom. The van der Waals surface area contributed by atoms with Gasteiger partial charge in [-0.2, -0.15) is 5.10 Å². The van der Waals surface area contributed by atoms with E-state index in [-0.39, 0.29) is 0 Å². The molecule has 0 amide bonds. The van der Waals surface area contributed by atoms with Crippen molar-refractivity contribution in [2.24, 2.45) is 0 Å². The molecule has 3 aromatic heterocycles. The van der Waals surface area contributed by atoms with Gasteiger partial charge in [-0.05, 0) is 18.4 Å². The second kappa shape index (κ2) is 5.64. The van der Waals surface area contributed by atoms with Crippen molar-refractivity contribution in [2.45, 2.75) is 20.0 Å². The lowest BCUT2D eigenvalue weighted by Crippen LogP contribution is -2.12. The fourth-order valence-electron chi connectivity index (χ4n) is 1.87. The second-order valence-corrected chi connectivity index (χ2v) is 6.48. The minimum atomic E-state index is 0.794. The number of nitrogens with zero attached hydrogens (tertiary/aromatic N) is 2. The molecule has 0 aliphatic heterocycles. The first-order chi connectivity index (χ1) is 9.33. The van der Waals surface area contributed by atoms with Crippen molar-refractivity contribution in [1.29, 1.82) is 0 Å². The number of thiophene rings is 1. The summed E-state index contributed by atoms with van der Waals surface area (Å²) in [5.74, 6) is 0. The van der Waals surface area contributed by atoms with Gasteiger partial charge in [0.2, 0.25) is 0 Å². The van der Waals surface area contributed by atoms with Gasteiger partial charge in [-0.25, -0.2) is 4.98 Å². The predicted molar refractivity (Wildman–Crippen MR) is 79.3 cm³/mol. The van der Waals surface area contributed by atoms with E-state index in [9.17, 15) is 0 Å². The molecule has 0 aliphatic rings. The zero-order valence-corrected chi connectivity index (χ0v) is 12.1. The van der Waals surface area contributed by atoms with E-state index >= 15 is 0 Å². The second-order valence-electron chi connectivity index (χ2n) is 4.22. The summed E-state index contributed by atoms with van der Waals surface area (Å²) in [6.07, 6.45) is 3.80. The van der Waals surface area contributed by atoms with Gasteiger partial charge in [0.1, 0.15) is 5.01 Å². The molecule has 0 aromatic carbocycles. The monoisotopic (exact) mass is 290 g/mol. The van der Waals surface area contributed by atoms with E-state index in [1.165, 1.54) is 15.3 Å². The molecule has 0 fully saturated rings. The van der Waals surface area contributed by atoms with Crippen LogP contribution in [-0.2, 0) is 13.1 Å². The lowest BCUT2D eigenvalue weighted by atomic mass is 10.2. The molecule has 19 heavy (non-hydrogen) atoms. The van der Waals surface area contributed by atoms with Crippen LogP contribution in [0, 0.1) is 6.92 Å². The van der Waals surface area contributed by atoms with Gasteiger partial charge in [0.05, 0.1) is 16.8 Å². The normalized spacial score (nSPS) is 11.0. The maximum atomic E-state index is 4.34. The molecule has 0 aliphatic carbocycles. The summed E-state index contributed by atoms with van der Waals surface area (Å²) in [4.78, 5) is 6.81. The zero-order chi connectivity index (χ0) is 13.1. The molecule has 2 N–H and O–H groups in total. The molecular weight excluding hydrogens is 276 g/mol. The predicted octanol–water partition coefficient (Wildman–Crippen LogP) is 3.19. The Kier molecular flexibility index (Phi) is 3.72. The third-order valence-corrected chi connectivity index (χ3v) is 4.55. The number of hydrogen-bond donors (Lipinski definition) is 2. The first-order valence-corrected chi connectivity index (χ1v) is 7.70. The number of aromatic amines is 1. The molecule has 0 radical (unpaired) electrons. The first-order valence-electron chi connectivity index (χ1n) is 6.01. The van der Waals surface area contributed by atoms with Crippen LogP contribution in [0.15, 0.2) is 29.9 Å². The van der Waals surface area contributed by atoms with Crippen molar-refractivity contribution >= 4 is 22.7 Å². The Balaban J connectivity index is 1.63. The van der Waals surface area contributed by atoms with Crippen molar-refractivity contribution in [3.05, 3.63) is 45.4 Å². The summed E-state index contributed by atoms with van der Waals surface area (Å²) in [5, 5.41) is 13.8. The zero-order valence-electron chi connectivity index (χ0n) is 10.5. The SMILES string of the molecule is Cc1cnc(CNCc2cn[nH]c2-c2cccs2)s1. The molecule has 0 saturated heterocycles. The number of nitrogens with one attached hydrogen (secondary N) is 2. The van der Waals surface area contributed by atoms with Gasteiger partial charge in [-0.3, -0.25) is 5.10 Å². The van der Waals surface area contributed by atoms with E-state index in [2.05, 4.69) is 44.9 Å². The number of aromatic nitrogens is 3. The molecule has 3 rings (SSSR count). The Morgan fingerprint density at radius 1 is 1.32 bits per heavy atom. The molecule has 0 atom stereocenters. The molecule has 6 heteroatoms. The number of H-pyrrole nitrogens is 1. The molecule has 0 spiro atoms. The highest BCUT2D eigenvalue weighted by Gasteiger charge is 2.08. The van der Waals surface area contributed by atoms with Crippen molar-refractivity contribution in [3.63, 3.8) is 0 Å². The van der Waals surface area contributed by atoms with Crippen LogP contribution in [-0.4, -0.2) is 15.2 Å². The summed E-state index contributed by atoms with van der Waals surface area (Å²) < 4.78 is 0. The Morgan fingerprint density at radius 2 is 2.26 bits per heavy atom. The van der Waals surface area contributed by atoms with Crippen LogP contribution >= 0.6 is 22.7 Å². The summed E-state index contributed by atoms with van der Waals surface area (Å²) in [7, 11) is 0. The van der Waals surface area contributed by atoms with Crippen LogP contribution in [0.5, 0.6) is 0 Å². The fourth-order valence-corrected chi connectivity index (χ4v) is 3.38. The van der Waals surface area contributed by atoms with E-state index in [1.807, 2.05) is 12.4 Å². The average Bonchev–Trinajstić information content (AvgIpc) is 3.09. The van der Waals surface area contributed by atoms with E-state index in [4.69, 9.17) is 0 Å². The number of rotatable bonds is 5. The molecule has 0 unspecified atom stereocenters. The average molecular weight is 290 g/mol. The molecule has 0 bridgehead atoms. The van der Waals surface area contributed by atoms with E-state index in [0.29, 0.717) is 0 Å². The van der Waals surface area contributed by atoms with Gasteiger partial charge in [0.15, 0.2) is 0 Å². The Bertz CT molecular complexity index is 639. The third-order valence-electron chi connectivity index (χ3n) is 2.75. The quantitative estimate of drug-likeness (QED) is 0.758. The van der Waals surface area contributed by atoms with Gasteiger partial charge in [-0.1, -0.05) is 6.07 Å². The van der Waals surface area contributed by atoms with E-state index in [1.54, 1.807) is 22.7 Å². The van der Waals surface area contributed by atoms with E-state index in [0.717, 1.165) is 23.8 Å². The van der Waals surface area contributed by atoms with Gasteiger partial charge < -0.3 is 5.32 Å². The summed E-state index contributed by atoms with van der Waals surface area (Å²) in [6, 6.07) is 4.16. The lowest BCUT2D eigenvalue weighted by molar-refractivity contribution is 0.691. The first kappa shape index (κ1) is 12.5. The van der Waals surface area contributed by atoms with Crippen LogP contribution in [0.2, 0.25) is 0 Å².